The number of benzene rings is 1. The van der Waals surface area contributed by atoms with Crippen molar-refractivity contribution in [2.75, 3.05) is 12.4 Å². The number of rotatable bonds is 5. The van der Waals surface area contributed by atoms with Gasteiger partial charge in [0, 0.05) is 11.4 Å². The molecule has 1 N–H and O–H groups in total. The number of ether oxygens (including phenoxy) is 1. The van der Waals surface area contributed by atoms with E-state index in [1.165, 1.54) is 24.5 Å². The van der Waals surface area contributed by atoms with E-state index >= 15 is 0 Å². The van der Waals surface area contributed by atoms with E-state index < -0.39 is 16.4 Å². The van der Waals surface area contributed by atoms with E-state index in [0.717, 1.165) is 16.8 Å². The van der Waals surface area contributed by atoms with Gasteiger partial charge in [-0.3, -0.25) is 10.1 Å². The molecule has 0 aliphatic carbocycles. The highest BCUT2D eigenvalue weighted by molar-refractivity contribution is 7.09. The summed E-state index contributed by atoms with van der Waals surface area (Å²) in [7, 11) is 1.30. The summed E-state index contributed by atoms with van der Waals surface area (Å²) in [5.74, 6) is -0.696. The van der Waals surface area contributed by atoms with E-state index in [1.54, 1.807) is 0 Å². The van der Waals surface area contributed by atoms with Gasteiger partial charge in [-0.1, -0.05) is 0 Å². The number of hydrogen-bond donors (Lipinski definition) is 1. The number of aromatic nitrogens is 1. The van der Waals surface area contributed by atoms with Crippen LogP contribution >= 0.6 is 11.3 Å². The van der Waals surface area contributed by atoms with Crippen LogP contribution in [0.3, 0.4) is 0 Å². The van der Waals surface area contributed by atoms with E-state index in [4.69, 9.17) is 4.74 Å². The van der Waals surface area contributed by atoms with Crippen molar-refractivity contribution in [1.29, 1.82) is 0 Å². The van der Waals surface area contributed by atoms with Gasteiger partial charge in [0.05, 0.1) is 41.0 Å². The zero-order chi connectivity index (χ0) is 14.7. The van der Waals surface area contributed by atoms with Gasteiger partial charge < -0.3 is 10.1 Å². The second-order valence-corrected chi connectivity index (χ2v) is 5.03. The summed E-state index contributed by atoms with van der Waals surface area (Å²) in [6, 6.07) is 2.11. The van der Waals surface area contributed by atoms with E-state index in [0.29, 0.717) is 6.54 Å². The highest BCUT2D eigenvalue weighted by atomic mass is 32.1. The van der Waals surface area contributed by atoms with Gasteiger partial charge in [-0.2, -0.15) is 0 Å². The van der Waals surface area contributed by atoms with Crippen LogP contribution < -0.4 is 10.1 Å². The van der Waals surface area contributed by atoms with E-state index in [9.17, 15) is 14.5 Å². The summed E-state index contributed by atoms with van der Waals surface area (Å²) in [5, 5.41) is 16.4. The summed E-state index contributed by atoms with van der Waals surface area (Å²) >= 11 is 1.50. The predicted octanol–water partition coefficient (Wildman–Crippen LogP) is 3.12. The van der Waals surface area contributed by atoms with Crippen LogP contribution in [0.25, 0.3) is 0 Å². The van der Waals surface area contributed by atoms with Crippen molar-refractivity contribution in [2.45, 2.75) is 13.5 Å². The molecule has 1 aromatic carbocycles. The largest absolute Gasteiger partial charge is 0.490 e. The molecular formula is C12H12FN3O3S. The quantitative estimate of drug-likeness (QED) is 0.677. The third-order valence-electron chi connectivity index (χ3n) is 2.59. The van der Waals surface area contributed by atoms with Crippen molar-refractivity contribution in [3.05, 3.63) is 44.1 Å². The lowest BCUT2D eigenvalue weighted by Crippen LogP contribution is -2.04. The zero-order valence-corrected chi connectivity index (χ0v) is 11.7. The minimum absolute atomic E-state index is 0.00774. The van der Waals surface area contributed by atoms with E-state index in [1.807, 2.05) is 12.3 Å². The maximum atomic E-state index is 13.8. The lowest BCUT2D eigenvalue weighted by molar-refractivity contribution is -0.385. The Bertz CT molecular complexity index is 645. The normalized spacial score (nSPS) is 10.3. The molecular weight excluding hydrogens is 285 g/mol. The first-order valence-corrected chi connectivity index (χ1v) is 6.56. The molecule has 20 heavy (non-hydrogen) atoms. The topological polar surface area (TPSA) is 77.3 Å². The fraction of sp³-hybridized carbons (Fsp3) is 0.250. The Morgan fingerprint density at radius 3 is 2.85 bits per heavy atom. The van der Waals surface area contributed by atoms with Gasteiger partial charge in [0.15, 0.2) is 11.6 Å². The third kappa shape index (κ3) is 3.02. The SMILES string of the molecule is COc1cc(NCc2csc(C)n2)c(F)cc1[N+](=O)[O-]. The molecule has 6 nitrogen and oxygen atoms in total. The maximum Gasteiger partial charge on any atom is 0.313 e. The average molecular weight is 297 g/mol. The van der Waals surface area contributed by atoms with Crippen LogP contribution in [-0.4, -0.2) is 17.0 Å². The fourth-order valence-electron chi connectivity index (χ4n) is 1.66. The van der Waals surface area contributed by atoms with Crippen molar-refractivity contribution < 1.29 is 14.1 Å². The zero-order valence-electron chi connectivity index (χ0n) is 10.8. The average Bonchev–Trinajstić information content (AvgIpc) is 2.82. The molecule has 0 unspecified atom stereocenters. The van der Waals surface area contributed by atoms with Gasteiger partial charge in [-0.25, -0.2) is 9.37 Å². The van der Waals surface area contributed by atoms with E-state index in [-0.39, 0.29) is 11.4 Å². The summed E-state index contributed by atoms with van der Waals surface area (Å²) < 4.78 is 18.7. The van der Waals surface area contributed by atoms with Crippen LogP contribution in [0.1, 0.15) is 10.7 Å². The highest BCUT2D eigenvalue weighted by Gasteiger charge is 2.19. The Morgan fingerprint density at radius 2 is 2.30 bits per heavy atom. The van der Waals surface area contributed by atoms with Crippen molar-refractivity contribution in [1.82, 2.24) is 4.98 Å². The number of methoxy groups -OCH3 is 1. The lowest BCUT2D eigenvalue weighted by atomic mass is 10.2. The molecule has 0 atom stereocenters. The molecule has 0 saturated carbocycles. The van der Waals surface area contributed by atoms with Gasteiger partial charge in [0.2, 0.25) is 0 Å². The van der Waals surface area contributed by atoms with Gasteiger partial charge in [-0.05, 0) is 6.92 Å². The Labute approximate surface area is 118 Å². The maximum absolute atomic E-state index is 13.8. The fourth-order valence-corrected chi connectivity index (χ4v) is 2.27. The number of halogens is 1. The molecule has 0 bridgehead atoms. The van der Waals surface area contributed by atoms with Gasteiger partial charge in [0.25, 0.3) is 0 Å². The molecule has 2 aromatic rings. The van der Waals surface area contributed by atoms with Crippen molar-refractivity contribution in [3.63, 3.8) is 0 Å². The second-order valence-electron chi connectivity index (χ2n) is 3.97. The summed E-state index contributed by atoms with van der Waals surface area (Å²) in [6.07, 6.45) is 0. The van der Waals surface area contributed by atoms with Crippen LogP contribution in [0, 0.1) is 22.9 Å². The first kappa shape index (κ1) is 14.2. The number of aryl methyl sites for hydroxylation is 1. The number of hydrogen-bond acceptors (Lipinski definition) is 6. The Kier molecular flexibility index (Phi) is 4.14. The molecule has 0 spiro atoms. The molecule has 8 heteroatoms. The standard InChI is InChI=1S/C12H12FN3O3S/c1-7-15-8(6-20-7)5-14-10-4-12(19-2)11(16(17)18)3-9(10)13/h3-4,6,14H,5H2,1-2H3. The van der Waals surface area contributed by atoms with E-state index in [2.05, 4.69) is 10.3 Å². The molecule has 0 amide bonds. The second kappa shape index (κ2) is 5.83. The van der Waals surface area contributed by atoms with Crippen LogP contribution in [0.2, 0.25) is 0 Å². The molecule has 0 saturated heterocycles. The number of nitro groups is 1. The Morgan fingerprint density at radius 1 is 1.55 bits per heavy atom. The molecule has 0 radical (unpaired) electrons. The third-order valence-corrected chi connectivity index (χ3v) is 3.41. The minimum Gasteiger partial charge on any atom is -0.490 e. The van der Waals surface area contributed by atoms with Crippen LogP contribution in [0.15, 0.2) is 17.5 Å². The summed E-state index contributed by atoms with van der Waals surface area (Å²) in [5.41, 5.74) is 0.516. The monoisotopic (exact) mass is 297 g/mol. The molecule has 106 valence electrons. The minimum atomic E-state index is -0.704. The number of nitrogens with zero attached hydrogens (tertiary/aromatic N) is 2. The van der Waals surface area contributed by atoms with Gasteiger partial charge in [-0.15, -0.1) is 11.3 Å². The van der Waals surface area contributed by atoms with Crippen molar-refractivity contribution in [2.24, 2.45) is 0 Å². The Hall–Kier alpha value is -2.22. The molecule has 1 aromatic heterocycles. The molecule has 1 heterocycles. The smallest absolute Gasteiger partial charge is 0.313 e. The molecule has 0 aliphatic rings. The van der Waals surface area contributed by atoms with Gasteiger partial charge >= 0.3 is 5.69 Å². The lowest BCUT2D eigenvalue weighted by Gasteiger charge is -2.08. The number of anilines is 1. The molecule has 0 fully saturated rings. The van der Waals surface area contributed by atoms with Crippen molar-refractivity contribution >= 4 is 22.7 Å². The van der Waals surface area contributed by atoms with Crippen LogP contribution in [0.4, 0.5) is 15.8 Å². The van der Waals surface area contributed by atoms with Crippen LogP contribution in [0.5, 0.6) is 5.75 Å². The molecule has 2 rings (SSSR count). The number of thiazole rings is 1. The number of nitrogens with one attached hydrogen (secondary N) is 1. The predicted molar refractivity (Wildman–Crippen MR) is 73.8 cm³/mol. The Balaban J connectivity index is 2.21. The van der Waals surface area contributed by atoms with Crippen molar-refractivity contribution in [3.8, 4) is 5.75 Å². The highest BCUT2D eigenvalue weighted by Crippen LogP contribution is 2.32. The molecule has 0 aliphatic heterocycles. The van der Waals surface area contributed by atoms with Crippen LogP contribution in [-0.2, 0) is 6.54 Å². The summed E-state index contributed by atoms with van der Waals surface area (Å²) in [6.45, 7) is 2.21. The first-order chi connectivity index (χ1) is 9.51. The summed E-state index contributed by atoms with van der Waals surface area (Å²) in [4.78, 5) is 14.3. The van der Waals surface area contributed by atoms with Gasteiger partial charge in [0.1, 0.15) is 0 Å². The number of nitro benzene ring substituents is 1. The first-order valence-electron chi connectivity index (χ1n) is 5.68.